The summed E-state index contributed by atoms with van der Waals surface area (Å²) in [5.41, 5.74) is 1.39. The molecule has 2 aromatic rings. The fourth-order valence-corrected chi connectivity index (χ4v) is 2.49. The normalized spacial score (nSPS) is 13.3. The summed E-state index contributed by atoms with van der Waals surface area (Å²) in [6.45, 7) is 13.1. The highest BCUT2D eigenvalue weighted by atomic mass is 16.2. The molecule has 0 aromatic carbocycles. The molecule has 0 bridgehead atoms. The Kier molecular flexibility index (Phi) is 4.92. The Balaban J connectivity index is 2.13. The second kappa shape index (κ2) is 6.56. The Bertz CT molecular complexity index is 649. The van der Waals surface area contributed by atoms with E-state index >= 15 is 0 Å². The van der Waals surface area contributed by atoms with Crippen LogP contribution in [-0.4, -0.2) is 31.5 Å². The minimum atomic E-state index is -0.154. The van der Waals surface area contributed by atoms with Crippen LogP contribution in [0.5, 0.6) is 0 Å². The van der Waals surface area contributed by atoms with Crippen molar-refractivity contribution < 1.29 is 4.79 Å². The molecule has 2 heterocycles. The molecule has 0 radical (unpaired) electrons. The molecule has 0 fully saturated rings. The van der Waals surface area contributed by atoms with Crippen LogP contribution < -0.4 is 5.32 Å². The number of amides is 1. The lowest BCUT2D eigenvalue weighted by atomic mass is 10.1. The molecule has 1 amide bonds. The van der Waals surface area contributed by atoms with Crippen molar-refractivity contribution in [1.82, 2.24) is 24.9 Å². The van der Waals surface area contributed by atoms with E-state index in [4.69, 9.17) is 0 Å². The predicted octanol–water partition coefficient (Wildman–Crippen LogP) is 2.78. The van der Waals surface area contributed by atoms with Crippen molar-refractivity contribution in [2.45, 2.75) is 65.6 Å². The third kappa shape index (κ3) is 4.21. The molecule has 0 unspecified atom stereocenters. The topological polar surface area (TPSA) is 64.7 Å². The van der Waals surface area contributed by atoms with Gasteiger partial charge >= 0.3 is 0 Å². The van der Waals surface area contributed by atoms with Crippen LogP contribution in [0.15, 0.2) is 24.5 Å². The smallest absolute Gasteiger partial charge is 0.272 e. The zero-order chi connectivity index (χ0) is 17.2. The van der Waals surface area contributed by atoms with Crippen molar-refractivity contribution in [2.75, 3.05) is 0 Å². The average Bonchev–Trinajstić information content (AvgIpc) is 3.05. The molecular weight excluding hydrogens is 290 g/mol. The average molecular weight is 317 g/mol. The summed E-state index contributed by atoms with van der Waals surface area (Å²) >= 11 is 0. The number of carbonyl (C=O) groups is 1. The predicted molar refractivity (Wildman–Crippen MR) is 90.5 cm³/mol. The molecule has 1 atom stereocenters. The number of rotatable bonds is 5. The van der Waals surface area contributed by atoms with E-state index in [2.05, 4.69) is 50.1 Å². The van der Waals surface area contributed by atoms with Gasteiger partial charge in [0.15, 0.2) is 0 Å². The fraction of sp³-hybridized carbons (Fsp3) is 0.588. The SMILES string of the molecule is CC(C)c1cc(C(=O)N[C@@H](C)Cn2cccn2)nn1C(C)(C)C. The molecule has 6 nitrogen and oxygen atoms in total. The van der Waals surface area contributed by atoms with Gasteiger partial charge in [-0.1, -0.05) is 13.8 Å². The molecule has 0 saturated heterocycles. The van der Waals surface area contributed by atoms with Gasteiger partial charge < -0.3 is 5.32 Å². The first kappa shape index (κ1) is 17.2. The monoisotopic (exact) mass is 317 g/mol. The first-order chi connectivity index (χ1) is 10.7. The van der Waals surface area contributed by atoms with Crippen LogP contribution in [0.4, 0.5) is 0 Å². The summed E-state index contributed by atoms with van der Waals surface area (Å²) in [5, 5.41) is 11.7. The minimum absolute atomic E-state index is 0.0234. The number of aromatic nitrogens is 4. The Morgan fingerprint density at radius 3 is 2.48 bits per heavy atom. The van der Waals surface area contributed by atoms with Crippen LogP contribution in [-0.2, 0) is 12.1 Å². The fourth-order valence-electron chi connectivity index (χ4n) is 2.49. The number of nitrogens with one attached hydrogen (secondary N) is 1. The first-order valence-electron chi connectivity index (χ1n) is 8.07. The molecule has 0 aliphatic heterocycles. The van der Waals surface area contributed by atoms with Crippen molar-refractivity contribution in [3.63, 3.8) is 0 Å². The van der Waals surface area contributed by atoms with E-state index in [0.717, 1.165) is 5.69 Å². The van der Waals surface area contributed by atoms with Gasteiger partial charge in [-0.15, -0.1) is 0 Å². The lowest BCUT2D eigenvalue weighted by Crippen LogP contribution is -2.36. The van der Waals surface area contributed by atoms with Crippen molar-refractivity contribution in [3.05, 3.63) is 35.9 Å². The summed E-state index contributed by atoms with van der Waals surface area (Å²) in [7, 11) is 0. The molecule has 1 N–H and O–H groups in total. The van der Waals surface area contributed by atoms with Crippen LogP contribution in [0.2, 0.25) is 0 Å². The maximum absolute atomic E-state index is 12.5. The zero-order valence-corrected chi connectivity index (χ0v) is 14.9. The van der Waals surface area contributed by atoms with Crippen LogP contribution in [0.25, 0.3) is 0 Å². The Hall–Kier alpha value is -2.11. The van der Waals surface area contributed by atoms with Gasteiger partial charge in [0.05, 0.1) is 12.1 Å². The molecule has 0 aliphatic rings. The highest BCUT2D eigenvalue weighted by Gasteiger charge is 2.24. The summed E-state index contributed by atoms with van der Waals surface area (Å²) in [6.07, 6.45) is 3.61. The maximum atomic E-state index is 12.5. The molecular formula is C17H27N5O. The number of nitrogens with zero attached hydrogens (tertiary/aromatic N) is 4. The molecule has 6 heteroatoms. The van der Waals surface area contributed by atoms with E-state index in [1.807, 2.05) is 29.9 Å². The van der Waals surface area contributed by atoms with Crippen LogP contribution >= 0.6 is 0 Å². The first-order valence-corrected chi connectivity index (χ1v) is 8.07. The number of hydrogen-bond acceptors (Lipinski definition) is 3. The molecule has 0 spiro atoms. The van der Waals surface area contributed by atoms with Crippen LogP contribution in [0.3, 0.4) is 0 Å². The van der Waals surface area contributed by atoms with E-state index in [9.17, 15) is 4.79 Å². The lowest BCUT2D eigenvalue weighted by Gasteiger charge is -2.23. The quantitative estimate of drug-likeness (QED) is 0.922. The zero-order valence-electron chi connectivity index (χ0n) is 14.9. The van der Waals surface area contributed by atoms with E-state index in [-0.39, 0.29) is 17.5 Å². The summed E-state index contributed by atoms with van der Waals surface area (Å²) in [5.74, 6) is 0.166. The molecule has 0 aliphatic carbocycles. The standard InChI is InChI=1S/C17H27N5O/c1-12(2)15-10-14(20-22(15)17(4,5)6)16(23)19-13(3)11-21-9-7-8-18-21/h7-10,12-13H,11H2,1-6H3,(H,19,23)/t13-/m0/s1. The Labute approximate surface area is 137 Å². The van der Waals surface area contributed by atoms with Gasteiger partial charge in [0.25, 0.3) is 5.91 Å². The van der Waals surface area contributed by atoms with Gasteiger partial charge in [-0.05, 0) is 45.7 Å². The van der Waals surface area contributed by atoms with Crippen LogP contribution in [0.1, 0.15) is 63.6 Å². The summed E-state index contributed by atoms with van der Waals surface area (Å²) in [6, 6.07) is 3.74. The van der Waals surface area contributed by atoms with Crippen molar-refractivity contribution in [2.24, 2.45) is 0 Å². The van der Waals surface area contributed by atoms with E-state index < -0.39 is 0 Å². The number of hydrogen-bond donors (Lipinski definition) is 1. The van der Waals surface area contributed by atoms with Gasteiger partial charge in [0.1, 0.15) is 5.69 Å². The minimum Gasteiger partial charge on any atom is -0.346 e. The van der Waals surface area contributed by atoms with Crippen molar-refractivity contribution in [3.8, 4) is 0 Å². The van der Waals surface area contributed by atoms with Gasteiger partial charge in [-0.25, -0.2) is 0 Å². The Morgan fingerprint density at radius 2 is 2.00 bits per heavy atom. The summed E-state index contributed by atoms with van der Waals surface area (Å²) in [4.78, 5) is 12.5. The van der Waals surface area contributed by atoms with E-state index in [1.165, 1.54) is 0 Å². The van der Waals surface area contributed by atoms with Crippen molar-refractivity contribution >= 4 is 5.91 Å². The molecule has 0 saturated carbocycles. The Morgan fingerprint density at radius 1 is 1.30 bits per heavy atom. The van der Waals surface area contributed by atoms with E-state index in [1.54, 1.807) is 10.9 Å². The second-order valence-electron chi connectivity index (χ2n) is 7.29. The number of carbonyl (C=O) groups excluding carboxylic acids is 1. The molecule has 2 aromatic heterocycles. The largest absolute Gasteiger partial charge is 0.346 e. The van der Waals surface area contributed by atoms with Gasteiger partial charge in [0, 0.05) is 24.1 Å². The highest BCUT2D eigenvalue weighted by Crippen LogP contribution is 2.23. The third-order valence-corrected chi connectivity index (χ3v) is 3.59. The van der Waals surface area contributed by atoms with Gasteiger partial charge in [0.2, 0.25) is 0 Å². The van der Waals surface area contributed by atoms with Gasteiger partial charge in [-0.3, -0.25) is 14.2 Å². The summed E-state index contributed by atoms with van der Waals surface area (Å²) < 4.78 is 3.75. The molecule has 126 valence electrons. The maximum Gasteiger partial charge on any atom is 0.272 e. The second-order valence-corrected chi connectivity index (χ2v) is 7.29. The van der Waals surface area contributed by atoms with Crippen molar-refractivity contribution in [1.29, 1.82) is 0 Å². The molecule has 23 heavy (non-hydrogen) atoms. The lowest BCUT2D eigenvalue weighted by molar-refractivity contribution is 0.0929. The van der Waals surface area contributed by atoms with E-state index in [0.29, 0.717) is 18.2 Å². The van der Waals surface area contributed by atoms with Crippen LogP contribution in [0, 0.1) is 0 Å². The third-order valence-electron chi connectivity index (χ3n) is 3.59. The molecule has 2 rings (SSSR count). The highest BCUT2D eigenvalue weighted by molar-refractivity contribution is 5.92. The van der Waals surface area contributed by atoms with Gasteiger partial charge in [-0.2, -0.15) is 10.2 Å².